The number of imidazole rings is 1. The van der Waals surface area contributed by atoms with E-state index in [1.807, 2.05) is 48.5 Å². The topological polar surface area (TPSA) is 28.7 Å². The Morgan fingerprint density at radius 2 is 1.37 bits per heavy atom. The molecular weight excluding hydrogens is 375 g/mol. The molecule has 1 heterocycles. The van der Waals surface area contributed by atoms with E-state index in [9.17, 15) is 0 Å². The van der Waals surface area contributed by atoms with E-state index in [-0.39, 0.29) is 0 Å². The summed E-state index contributed by atoms with van der Waals surface area (Å²) in [4.78, 5) is 8.23. The minimum atomic E-state index is 0.651. The third kappa shape index (κ3) is 2.87. The minimum absolute atomic E-state index is 0.651. The number of nitrogens with one attached hydrogen (secondary N) is 1. The molecule has 0 saturated carbocycles. The lowest BCUT2D eigenvalue weighted by molar-refractivity contribution is 1.34. The van der Waals surface area contributed by atoms with Crippen LogP contribution in [0.2, 0.25) is 10.0 Å². The summed E-state index contributed by atoms with van der Waals surface area (Å²) in [7, 11) is 0. The Balaban J connectivity index is 1.85. The molecule has 0 atom stereocenters. The molecule has 0 aliphatic heterocycles. The first-order valence-corrected chi connectivity index (χ1v) is 9.38. The molecule has 4 aromatic carbocycles. The second-order valence-corrected chi connectivity index (χ2v) is 7.32. The zero-order chi connectivity index (χ0) is 18.4. The fourth-order valence-corrected chi connectivity index (χ4v) is 3.83. The molecule has 0 aliphatic rings. The fraction of sp³-hybridized carbons (Fsp3) is 0. The van der Waals surface area contributed by atoms with Gasteiger partial charge >= 0.3 is 0 Å². The van der Waals surface area contributed by atoms with Crippen LogP contribution >= 0.6 is 23.2 Å². The summed E-state index contributed by atoms with van der Waals surface area (Å²) in [6.07, 6.45) is 0. The Morgan fingerprint density at radius 3 is 2.15 bits per heavy atom. The van der Waals surface area contributed by atoms with Crippen LogP contribution in [0.15, 0.2) is 78.9 Å². The van der Waals surface area contributed by atoms with Gasteiger partial charge in [0.2, 0.25) is 0 Å². The highest BCUT2D eigenvalue weighted by atomic mass is 35.5. The first kappa shape index (κ1) is 16.4. The number of aromatic amines is 1. The molecule has 0 spiro atoms. The van der Waals surface area contributed by atoms with Crippen LogP contribution in [0, 0.1) is 0 Å². The van der Waals surface area contributed by atoms with Crippen molar-refractivity contribution in [2.45, 2.75) is 0 Å². The molecule has 0 amide bonds. The molecule has 0 saturated heterocycles. The van der Waals surface area contributed by atoms with E-state index in [1.54, 1.807) is 6.07 Å². The molecule has 0 bridgehead atoms. The van der Waals surface area contributed by atoms with Gasteiger partial charge in [-0.25, -0.2) is 4.98 Å². The van der Waals surface area contributed by atoms with Gasteiger partial charge in [0, 0.05) is 21.2 Å². The van der Waals surface area contributed by atoms with Crippen molar-refractivity contribution in [1.82, 2.24) is 9.97 Å². The number of benzene rings is 4. The van der Waals surface area contributed by atoms with Gasteiger partial charge in [-0.2, -0.15) is 0 Å². The normalized spacial score (nSPS) is 11.3. The predicted molar refractivity (Wildman–Crippen MR) is 114 cm³/mol. The van der Waals surface area contributed by atoms with Gasteiger partial charge in [-0.1, -0.05) is 59.6 Å². The maximum absolute atomic E-state index is 6.53. The molecule has 130 valence electrons. The smallest absolute Gasteiger partial charge is 0.139 e. The number of rotatable bonds is 2. The molecule has 0 radical (unpaired) electrons. The molecule has 1 N–H and O–H groups in total. The highest BCUT2D eigenvalue weighted by molar-refractivity contribution is 6.35. The zero-order valence-electron chi connectivity index (χ0n) is 14.2. The maximum Gasteiger partial charge on any atom is 0.139 e. The van der Waals surface area contributed by atoms with Gasteiger partial charge in [0.15, 0.2) is 0 Å². The molecule has 4 heteroatoms. The Hall–Kier alpha value is -2.81. The summed E-state index contributed by atoms with van der Waals surface area (Å²) in [6, 6.07) is 26.1. The van der Waals surface area contributed by atoms with Gasteiger partial charge in [-0.15, -0.1) is 0 Å². The monoisotopic (exact) mass is 388 g/mol. The molecule has 27 heavy (non-hydrogen) atoms. The number of aromatic nitrogens is 2. The largest absolute Gasteiger partial charge is 0.338 e. The van der Waals surface area contributed by atoms with E-state index < -0.39 is 0 Å². The fourth-order valence-electron chi connectivity index (χ4n) is 3.44. The average molecular weight is 389 g/mol. The van der Waals surface area contributed by atoms with Gasteiger partial charge in [0.25, 0.3) is 0 Å². The molecule has 5 rings (SSSR count). The second-order valence-electron chi connectivity index (χ2n) is 6.47. The van der Waals surface area contributed by atoms with Crippen LogP contribution in [0.3, 0.4) is 0 Å². The predicted octanol–water partition coefficient (Wildman–Crippen LogP) is 7.36. The summed E-state index contributed by atoms with van der Waals surface area (Å²) < 4.78 is 0. The summed E-state index contributed by atoms with van der Waals surface area (Å²) >= 11 is 12.8. The van der Waals surface area contributed by atoms with Gasteiger partial charge in [0.05, 0.1) is 11.0 Å². The van der Waals surface area contributed by atoms with Gasteiger partial charge < -0.3 is 4.98 Å². The molecule has 0 aliphatic carbocycles. The molecule has 0 fully saturated rings. The Kier molecular flexibility index (Phi) is 3.89. The molecular formula is C23H14Cl2N2. The van der Waals surface area contributed by atoms with Crippen molar-refractivity contribution in [3.8, 4) is 22.5 Å². The van der Waals surface area contributed by atoms with Crippen LogP contribution in [0.1, 0.15) is 0 Å². The molecule has 1 aromatic heterocycles. The summed E-state index contributed by atoms with van der Waals surface area (Å²) in [5.41, 5.74) is 4.83. The maximum atomic E-state index is 6.53. The third-order valence-electron chi connectivity index (χ3n) is 4.75. The van der Waals surface area contributed by atoms with Crippen LogP contribution in [0.4, 0.5) is 0 Å². The summed E-state index contributed by atoms with van der Waals surface area (Å²) in [6.45, 7) is 0. The second kappa shape index (κ2) is 6.41. The minimum Gasteiger partial charge on any atom is -0.338 e. The van der Waals surface area contributed by atoms with Crippen molar-refractivity contribution in [3.05, 3.63) is 88.9 Å². The lowest BCUT2D eigenvalue weighted by atomic mass is 9.95. The lowest BCUT2D eigenvalue weighted by Gasteiger charge is -2.12. The summed E-state index contributed by atoms with van der Waals surface area (Å²) in [5, 5.41) is 3.60. The molecule has 5 aromatic rings. The van der Waals surface area contributed by atoms with E-state index >= 15 is 0 Å². The number of halogens is 2. The van der Waals surface area contributed by atoms with Gasteiger partial charge in [-0.3, -0.25) is 0 Å². The highest BCUT2D eigenvalue weighted by Gasteiger charge is 2.15. The van der Waals surface area contributed by atoms with Gasteiger partial charge in [0.1, 0.15) is 5.82 Å². The van der Waals surface area contributed by atoms with E-state index in [0.717, 1.165) is 44.3 Å². The van der Waals surface area contributed by atoms with E-state index in [2.05, 4.69) is 29.2 Å². The zero-order valence-corrected chi connectivity index (χ0v) is 15.7. The molecule has 2 nitrogen and oxygen atoms in total. The first-order valence-electron chi connectivity index (χ1n) is 8.62. The number of hydrogen-bond acceptors (Lipinski definition) is 1. The SMILES string of the molecule is Clc1ccc(Cl)c(-c2cc3ccccc3cc2-c2nc3ccccc3[nH]2)c1. The van der Waals surface area contributed by atoms with Crippen LogP contribution in [-0.4, -0.2) is 9.97 Å². The number of para-hydroxylation sites is 2. The van der Waals surface area contributed by atoms with E-state index in [0.29, 0.717) is 10.0 Å². The lowest BCUT2D eigenvalue weighted by Crippen LogP contribution is -1.89. The van der Waals surface area contributed by atoms with Crippen molar-refractivity contribution >= 4 is 45.0 Å². The van der Waals surface area contributed by atoms with Crippen molar-refractivity contribution in [3.63, 3.8) is 0 Å². The quantitative estimate of drug-likeness (QED) is 0.336. The number of nitrogens with zero attached hydrogens (tertiary/aromatic N) is 1. The van der Waals surface area contributed by atoms with Crippen LogP contribution in [-0.2, 0) is 0 Å². The van der Waals surface area contributed by atoms with E-state index in [4.69, 9.17) is 28.2 Å². The van der Waals surface area contributed by atoms with Crippen molar-refractivity contribution in [1.29, 1.82) is 0 Å². The standard InChI is InChI=1S/C23H14Cl2N2/c24-16-9-10-20(25)18(13-16)17-11-14-5-1-2-6-15(14)12-19(17)23-26-21-7-3-4-8-22(21)27-23/h1-13H,(H,26,27). The molecule has 0 unspecified atom stereocenters. The Morgan fingerprint density at radius 1 is 0.667 bits per heavy atom. The Labute approximate surface area is 166 Å². The van der Waals surface area contributed by atoms with Crippen molar-refractivity contribution < 1.29 is 0 Å². The number of fused-ring (bicyclic) bond motifs is 2. The number of H-pyrrole nitrogens is 1. The van der Waals surface area contributed by atoms with E-state index in [1.165, 1.54) is 0 Å². The summed E-state index contributed by atoms with van der Waals surface area (Å²) in [5.74, 6) is 0.813. The van der Waals surface area contributed by atoms with Crippen LogP contribution in [0.5, 0.6) is 0 Å². The third-order valence-corrected chi connectivity index (χ3v) is 5.31. The van der Waals surface area contributed by atoms with Crippen molar-refractivity contribution in [2.75, 3.05) is 0 Å². The van der Waals surface area contributed by atoms with Gasteiger partial charge in [-0.05, 0) is 58.8 Å². The highest BCUT2D eigenvalue weighted by Crippen LogP contribution is 2.39. The number of hydrogen-bond donors (Lipinski definition) is 1. The Bertz CT molecular complexity index is 1270. The van der Waals surface area contributed by atoms with Crippen LogP contribution < -0.4 is 0 Å². The van der Waals surface area contributed by atoms with Crippen LogP contribution in [0.25, 0.3) is 44.3 Å². The average Bonchev–Trinajstić information content (AvgIpc) is 3.13. The van der Waals surface area contributed by atoms with Crippen molar-refractivity contribution in [2.24, 2.45) is 0 Å². The first-order chi connectivity index (χ1) is 13.2.